The maximum absolute atomic E-state index is 13.8. The van der Waals surface area contributed by atoms with E-state index in [4.69, 9.17) is 0 Å². The Balaban J connectivity index is 1.45. The number of anilines is 1. The van der Waals surface area contributed by atoms with Gasteiger partial charge in [0.1, 0.15) is 5.82 Å². The number of nitrogens with zero attached hydrogens (tertiary/aromatic N) is 1. The molecule has 2 N–H and O–H groups in total. The van der Waals surface area contributed by atoms with Crippen LogP contribution in [0.15, 0.2) is 66.7 Å². The van der Waals surface area contributed by atoms with Gasteiger partial charge in [-0.15, -0.1) is 0 Å². The molecule has 202 valence electrons. The van der Waals surface area contributed by atoms with E-state index in [2.05, 4.69) is 48.3 Å². The van der Waals surface area contributed by atoms with E-state index in [1.807, 2.05) is 29.2 Å². The minimum absolute atomic E-state index is 0.0814. The fourth-order valence-electron chi connectivity index (χ4n) is 4.89. The molecule has 1 aliphatic rings. The summed E-state index contributed by atoms with van der Waals surface area (Å²) < 4.78 is 13.8. The molecule has 0 radical (unpaired) electrons. The molecule has 1 saturated carbocycles. The summed E-state index contributed by atoms with van der Waals surface area (Å²) in [5.74, 6) is 4.23. The maximum Gasteiger partial charge on any atom is 0.338 e. The van der Waals surface area contributed by atoms with Crippen molar-refractivity contribution in [2.24, 2.45) is 0 Å². The van der Waals surface area contributed by atoms with E-state index in [1.165, 1.54) is 24.5 Å². The molecule has 0 unspecified atom stereocenters. The second-order valence-corrected chi connectivity index (χ2v) is 10.1. The Morgan fingerprint density at radius 3 is 2.13 bits per heavy atom. The molecule has 3 aromatic carbocycles. The van der Waals surface area contributed by atoms with Crippen LogP contribution in [0.2, 0.25) is 0 Å². The van der Waals surface area contributed by atoms with Crippen LogP contribution in [0.4, 0.5) is 14.9 Å². The van der Waals surface area contributed by atoms with Crippen molar-refractivity contribution < 1.29 is 19.1 Å². The number of aromatic carboxylic acids is 1. The van der Waals surface area contributed by atoms with Crippen LogP contribution in [-0.4, -0.2) is 28.0 Å². The number of unbranched alkanes of at least 4 members (excludes halogenated alkanes) is 1. The Hall–Kier alpha value is -4.11. The molecule has 1 fully saturated rings. The van der Waals surface area contributed by atoms with Gasteiger partial charge in [-0.2, -0.15) is 0 Å². The molecule has 0 atom stereocenters. The van der Waals surface area contributed by atoms with Gasteiger partial charge in [-0.1, -0.05) is 68.7 Å². The van der Waals surface area contributed by atoms with Gasteiger partial charge in [0.15, 0.2) is 0 Å². The lowest BCUT2D eigenvalue weighted by atomic mass is 9.94. The molecular weight excluding hydrogens is 491 g/mol. The smallest absolute Gasteiger partial charge is 0.338 e. The highest BCUT2D eigenvalue weighted by Gasteiger charge is 2.26. The van der Waals surface area contributed by atoms with Gasteiger partial charge in [-0.25, -0.2) is 14.0 Å². The summed E-state index contributed by atoms with van der Waals surface area (Å²) in [6.45, 7) is 2.61. The number of aryl methyl sites for hydroxylation is 1. The van der Waals surface area contributed by atoms with Crippen LogP contribution in [-0.2, 0) is 13.0 Å². The minimum atomic E-state index is -1.38. The normalized spacial score (nSPS) is 13.3. The van der Waals surface area contributed by atoms with Crippen molar-refractivity contribution in [2.75, 3.05) is 5.32 Å². The predicted molar refractivity (Wildman–Crippen MR) is 152 cm³/mol. The molecule has 0 aromatic heterocycles. The Bertz CT molecular complexity index is 1330. The SMILES string of the molecule is CCCCc1ccc(C#Cc2ccc(CN(C(=O)Nc3ccc(F)c(C(=O)O)c3)C3CCCCC3)cc2)cc1. The number of carboxylic acids is 1. The van der Waals surface area contributed by atoms with Gasteiger partial charge in [0.2, 0.25) is 0 Å². The zero-order chi connectivity index (χ0) is 27.6. The monoisotopic (exact) mass is 526 g/mol. The summed E-state index contributed by atoms with van der Waals surface area (Å²) in [4.78, 5) is 26.5. The fraction of sp³-hybridized carbons (Fsp3) is 0.333. The molecule has 3 aromatic rings. The zero-order valence-electron chi connectivity index (χ0n) is 22.4. The highest BCUT2D eigenvalue weighted by Crippen LogP contribution is 2.25. The van der Waals surface area contributed by atoms with Crippen LogP contribution in [0.3, 0.4) is 0 Å². The number of benzene rings is 3. The van der Waals surface area contributed by atoms with Gasteiger partial charge in [0.05, 0.1) is 5.56 Å². The average molecular weight is 527 g/mol. The summed E-state index contributed by atoms with van der Waals surface area (Å²) >= 11 is 0. The topological polar surface area (TPSA) is 69.6 Å². The molecule has 5 nitrogen and oxygen atoms in total. The van der Waals surface area contributed by atoms with Crippen LogP contribution in [0.1, 0.15) is 84.5 Å². The quantitative estimate of drug-likeness (QED) is 0.297. The molecule has 0 bridgehead atoms. The van der Waals surface area contributed by atoms with E-state index >= 15 is 0 Å². The first-order chi connectivity index (χ1) is 18.9. The van der Waals surface area contributed by atoms with Gasteiger partial charge in [0, 0.05) is 29.4 Å². The first-order valence-electron chi connectivity index (χ1n) is 13.7. The Labute approximate surface area is 230 Å². The molecule has 0 saturated heterocycles. The molecule has 0 heterocycles. The van der Waals surface area contributed by atoms with Gasteiger partial charge < -0.3 is 15.3 Å². The Kier molecular flexibility index (Phi) is 9.74. The van der Waals surface area contributed by atoms with Crippen molar-refractivity contribution in [1.29, 1.82) is 0 Å². The second-order valence-electron chi connectivity index (χ2n) is 10.1. The number of amides is 2. The highest BCUT2D eigenvalue weighted by atomic mass is 19.1. The van der Waals surface area contributed by atoms with E-state index in [1.54, 1.807) is 0 Å². The van der Waals surface area contributed by atoms with Crippen molar-refractivity contribution in [1.82, 2.24) is 4.90 Å². The number of carbonyl (C=O) groups excluding carboxylic acids is 1. The summed E-state index contributed by atoms with van der Waals surface area (Å²) in [7, 11) is 0. The van der Waals surface area contributed by atoms with Gasteiger partial charge in [-0.05, 0) is 79.3 Å². The number of hydrogen-bond donors (Lipinski definition) is 2. The number of carboxylic acid groups (broad SMARTS) is 1. The van der Waals surface area contributed by atoms with Crippen molar-refractivity contribution in [3.63, 3.8) is 0 Å². The van der Waals surface area contributed by atoms with Crippen molar-refractivity contribution in [3.05, 3.63) is 100 Å². The predicted octanol–water partition coefficient (Wildman–Crippen LogP) is 7.63. The summed E-state index contributed by atoms with van der Waals surface area (Å²) in [5, 5.41) is 12.0. The lowest BCUT2D eigenvalue weighted by Gasteiger charge is -2.34. The van der Waals surface area contributed by atoms with E-state index in [-0.39, 0.29) is 17.8 Å². The third-order valence-electron chi connectivity index (χ3n) is 7.16. The number of urea groups is 1. The number of halogens is 1. The number of nitrogens with one attached hydrogen (secondary N) is 1. The molecule has 0 spiro atoms. The summed E-state index contributed by atoms with van der Waals surface area (Å²) in [6.07, 6.45) is 8.56. The van der Waals surface area contributed by atoms with Crippen LogP contribution < -0.4 is 5.32 Å². The largest absolute Gasteiger partial charge is 0.478 e. The Morgan fingerprint density at radius 1 is 0.923 bits per heavy atom. The van der Waals surface area contributed by atoms with Crippen molar-refractivity contribution in [3.8, 4) is 11.8 Å². The average Bonchev–Trinajstić information content (AvgIpc) is 2.96. The van der Waals surface area contributed by atoms with Crippen LogP contribution in [0.5, 0.6) is 0 Å². The summed E-state index contributed by atoms with van der Waals surface area (Å²) in [6, 6.07) is 19.7. The number of carbonyl (C=O) groups is 2. The van der Waals surface area contributed by atoms with Crippen LogP contribution >= 0.6 is 0 Å². The first kappa shape index (κ1) is 27.9. The maximum atomic E-state index is 13.8. The molecular formula is C33H35FN2O3. The van der Waals surface area contributed by atoms with Crippen LogP contribution in [0.25, 0.3) is 0 Å². The molecule has 39 heavy (non-hydrogen) atoms. The van der Waals surface area contributed by atoms with Crippen molar-refractivity contribution in [2.45, 2.75) is 70.9 Å². The fourth-order valence-corrected chi connectivity index (χ4v) is 4.89. The van der Waals surface area contributed by atoms with Gasteiger partial charge in [0.25, 0.3) is 0 Å². The van der Waals surface area contributed by atoms with Gasteiger partial charge in [-0.3, -0.25) is 0 Å². The van der Waals surface area contributed by atoms with Crippen molar-refractivity contribution >= 4 is 17.7 Å². The van der Waals surface area contributed by atoms with E-state index in [0.717, 1.165) is 67.3 Å². The highest BCUT2D eigenvalue weighted by molar-refractivity contribution is 5.93. The molecule has 6 heteroatoms. The molecule has 0 aliphatic heterocycles. The molecule has 2 amide bonds. The third-order valence-corrected chi connectivity index (χ3v) is 7.16. The molecule has 1 aliphatic carbocycles. The molecule has 4 rings (SSSR count). The van der Waals surface area contributed by atoms with Gasteiger partial charge >= 0.3 is 12.0 Å². The third kappa shape index (κ3) is 7.94. The van der Waals surface area contributed by atoms with Crippen LogP contribution in [0, 0.1) is 17.7 Å². The summed E-state index contributed by atoms with van der Waals surface area (Å²) in [5.41, 5.74) is 3.97. The van der Waals surface area contributed by atoms with E-state index in [9.17, 15) is 19.1 Å². The first-order valence-corrected chi connectivity index (χ1v) is 13.7. The van der Waals surface area contributed by atoms with E-state index < -0.39 is 17.3 Å². The minimum Gasteiger partial charge on any atom is -0.478 e. The Morgan fingerprint density at radius 2 is 1.54 bits per heavy atom. The lowest BCUT2D eigenvalue weighted by Crippen LogP contribution is -2.43. The lowest BCUT2D eigenvalue weighted by molar-refractivity contribution is 0.0692. The second kappa shape index (κ2) is 13.6. The zero-order valence-corrected chi connectivity index (χ0v) is 22.4. The number of hydrogen-bond acceptors (Lipinski definition) is 2. The standard InChI is InChI=1S/C33H35FN2O3/c1-2-3-7-24-10-12-25(13-11-24)14-15-26-16-18-27(19-17-26)23-36(29-8-5-4-6-9-29)33(39)35-28-20-21-31(34)30(22-28)32(37)38/h10-13,16-22,29H,2-9,23H2,1H3,(H,35,39)(H,37,38). The van der Waals surface area contributed by atoms with E-state index in [0.29, 0.717) is 6.54 Å². The number of rotatable bonds is 8.